The zero-order chi connectivity index (χ0) is 18.8. The Morgan fingerprint density at radius 1 is 1.00 bits per heavy atom. The molecule has 0 aliphatic rings. The number of amides is 1. The molecule has 2 aromatic carbocycles. The molecule has 0 bridgehead atoms. The fraction of sp³-hybridized carbons (Fsp3) is 0.0500. The molecule has 0 unspecified atom stereocenters. The van der Waals surface area contributed by atoms with Gasteiger partial charge in [0.2, 0.25) is 0 Å². The number of aromatic nitrogens is 3. The number of carbonyl (C=O) groups excluding carboxylic acids is 1. The van der Waals surface area contributed by atoms with Gasteiger partial charge in [-0.3, -0.25) is 9.78 Å². The first-order chi connectivity index (χ1) is 13.1. The fourth-order valence-corrected chi connectivity index (χ4v) is 3.25. The van der Waals surface area contributed by atoms with Crippen LogP contribution < -0.4 is 5.32 Å². The SMILES string of the molecule is O=C(Nc1ccnn1Cc1cccc(Cl)c1Cl)c1ccnc2ccccc12. The molecule has 0 saturated carbocycles. The van der Waals surface area contributed by atoms with Crippen LogP contribution in [0.1, 0.15) is 15.9 Å². The molecule has 1 N–H and O–H groups in total. The molecule has 0 radical (unpaired) electrons. The van der Waals surface area contributed by atoms with Crippen molar-refractivity contribution in [1.29, 1.82) is 0 Å². The zero-order valence-electron chi connectivity index (χ0n) is 14.1. The molecule has 0 aliphatic heterocycles. The highest BCUT2D eigenvalue weighted by molar-refractivity contribution is 6.42. The van der Waals surface area contributed by atoms with Crippen molar-refractivity contribution in [2.75, 3.05) is 5.32 Å². The Labute approximate surface area is 165 Å². The molecule has 2 aromatic heterocycles. The number of fused-ring (bicyclic) bond motifs is 1. The topological polar surface area (TPSA) is 59.8 Å². The smallest absolute Gasteiger partial charge is 0.257 e. The van der Waals surface area contributed by atoms with Crippen molar-refractivity contribution in [1.82, 2.24) is 14.8 Å². The molecule has 2 heterocycles. The molecule has 7 heteroatoms. The van der Waals surface area contributed by atoms with Crippen molar-refractivity contribution < 1.29 is 4.79 Å². The number of rotatable bonds is 4. The number of carbonyl (C=O) groups is 1. The van der Waals surface area contributed by atoms with Gasteiger partial charge in [-0.05, 0) is 23.8 Å². The molecule has 0 fully saturated rings. The molecule has 0 aliphatic carbocycles. The Hall–Kier alpha value is -2.89. The minimum Gasteiger partial charge on any atom is -0.307 e. The van der Waals surface area contributed by atoms with E-state index < -0.39 is 0 Å². The number of halogens is 2. The van der Waals surface area contributed by atoms with Crippen LogP contribution in [0.25, 0.3) is 10.9 Å². The second-order valence-electron chi connectivity index (χ2n) is 5.92. The highest BCUT2D eigenvalue weighted by Gasteiger charge is 2.14. The van der Waals surface area contributed by atoms with Crippen LogP contribution in [0, 0.1) is 0 Å². The van der Waals surface area contributed by atoms with Crippen LogP contribution in [0.5, 0.6) is 0 Å². The molecular formula is C20H14Cl2N4O. The summed E-state index contributed by atoms with van der Waals surface area (Å²) in [5, 5.41) is 8.94. The first-order valence-corrected chi connectivity index (χ1v) is 8.99. The van der Waals surface area contributed by atoms with E-state index >= 15 is 0 Å². The molecule has 0 spiro atoms. The molecule has 1 amide bonds. The highest BCUT2D eigenvalue weighted by Crippen LogP contribution is 2.27. The minimum absolute atomic E-state index is 0.229. The van der Waals surface area contributed by atoms with E-state index in [0.29, 0.717) is 28.0 Å². The summed E-state index contributed by atoms with van der Waals surface area (Å²) < 4.78 is 1.67. The Bertz CT molecular complexity index is 1130. The lowest BCUT2D eigenvalue weighted by Gasteiger charge is -2.11. The first kappa shape index (κ1) is 17.5. The Morgan fingerprint density at radius 3 is 2.74 bits per heavy atom. The van der Waals surface area contributed by atoms with Crippen molar-refractivity contribution in [2.45, 2.75) is 6.54 Å². The lowest BCUT2D eigenvalue weighted by atomic mass is 10.1. The maximum atomic E-state index is 12.8. The number of para-hydroxylation sites is 1. The largest absolute Gasteiger partial charge is 0.307 e. The van der Waals surface area contributed by atoms with Crippen LogP contribution >= 0.6 is 23.2 Å². The first-order valence-electron chi connectivity index (χ1n) is 8.23. The van der Waals surface area contributed by atoms with Gasteiger partial charge in [0.05, 0.1) is 33.9 Å². The molecule has 5 nitrogen and oxygen atoms in total. The number of hydrogen-bond donors (Lipinski definition) is 1. The summed E-state index contributed by atoms with van der Waals surface area (Å²) in [5.41, 5.74) is 2.14. The Morgan fingerprint density at radius 2 is 1.85 bits per heavy atom. The van der Waals surface area contributed by atoms with Crippen LogP contribution in [0.15, 0.2) is 67.0 Å². The molecule has 27 heavy (non-hydrogen) atoms. The van der Waals surface area contributed by atoms with E-state index in [1.807, 2.05) is 36.4 Å². The van der Waals surface area contributed by atoms with Gasteiger partial charge in [0.1, 0.15) is 5.82 Å². The average Bonchev–Trinajstić information content (AvgIpc) is 3.11. The second kappa shape index (κ2) is 7.39. The summed E-state index contributed by atoms with van der Waals surface area (Å²) in [6.07, 6.45) is 3.25. The lowest BCUT2D eigenvalue weighted by molar-refractivity contribution is 0.102. The van der Waals surface area contributed by atoms with Crippen LogP contribution in [-0.2, 0) is 6.54 Å². The summed E-state index contributed by atoms with van der Waals surface area (Å²) in [5.74, 6) is 0.337. The van der Waals surface area contributed by atoms with Gasteiger partial charge in [0, 0.05) is 17.6 Å². The minimum atomic E-state index is -0.229. The van der Waals surface area contributed by atoms with Crippen molar-refractivity contribution in [3.05, 3.63) is 88.2 Å². The Balaban J connectivity index is 1.61. The predicted octanol–water partition coefficient (Wildman–Crippen LogP) is 5.04. The normalized spacial score (nSPS) is 10.9. The van der Waals surface area contributed by atoms with Crippen LogP contribution in [0.3, 0.4) is 0 Å². The van der Waals surface area contributed by atoms with E-state index in [-0.39, 0.29) is 5.91 Å². The van der Waals surface area contributed by atoms with Gasteiger partial charge in [-0.25, -0.2) is 4.68 Å². The van der Waals surface area contributed by atoms with Gasteiger partial charge in [0.15, 0.2) is 0 Å². The maximum absolute atomic E-state index is 12.8. The molecule has 0 atom stereocenters. The van der Waals surface area contributed by atoms with E-state index in [1.54, 1.807) is 35.3 Å². The second-order valence-corrected chi connectivity index (χ2v) is 6.70. The number of nitrogens with zero attached hydrogens (tertiary/aromatic N) is 3. The van der Waals surface area contributed by atoms with Gasteiger partial charge in [-0.1, -0.05) is 53.5 Å². The van der Waals surface area contributed by atoms with E-state index in [2.05, 4.69) is 15.4 Å². The van der Waals surface area contributed by atoms with E-state index in [4.69, 9.17) is 23.2 Å². The van der Waals surface area contributed by atoms with E-state index in [0.717, 1.165) is 16.5 Å². The van der Waals surface area contributed by atoms with Crippen LogP contribution in [-0.4, -0.2) is 20.7 Å². The molecule has 0 saturated heterocycles. The number of nitrogens with one attached hydrogen (secondary N) is 1. The van der Waals surface area contributed by atoms with Crippen molar-refractivity contribution in [3.8, 4) is 0 Å². The third kappa shape index (κ3) is 3.52. The van der Waals surface area contributed by atoms with Crippen LogP contribution in [0.4, 0.5) is 5.82 Å². The van der Waals surface area contributed by atoms with Crippen molar-refractivity contribution >= 4 is 45.8 Å². The maximum Gasteiger partial charge on any atom is 0.257 e. The van der Waals surface area contributed by atoms with Gasteiger partial charge < -0.3 is 5.32 Å². The predicted molar refractivity (Wildman–Crippen MR) is 107 cm³/mol. The quantitative estimate of drug-likeness (QED) is 0.525. The summed E-state index contributed by atoms with van der Waals surface area (Å²) >= 11 is 12.3. The van der Waals surface area contributed by atoms with E-state index in [1.165, 1.54) is 0 Å². The number of anilines is 1. The van der Waals surface area contributed by atoms with E-state index in [9.17, 15) is 4.79 Å². The number of hydrogen-bond acceptors (Lipinski definition) is 3. The van der Waals surface area contributed by atoms with Gasteiger partial charge in [-0.15, -0.1) is 0 Å². The summed E-state index contributed by atoms with van der Waals surface area (Å²) in [6.45, 7) is 0.388. The van der Waals surface area contributed by atoms with Crippen LogP contribution in [0.2, 0.25) is 10.0 Å². The zero-order valence-corrected chi connectivity index (χ0v) is 15.6. The van der Waals surface area contributed by atoms with Crippen molar-refractivity contribution in [2.24, 2.45) is 0 Å². The third-order valence-electron chi connectivity index (χ3n) is 4.20. The summed E-state index contributed by atoms with van der Waals surface area (Å²) in [4.78, 5) is 17.1. The third-order valence-corrected chi connectivity index (χ3v) is 5.06. The summed E-state index contributed by atoms with van der Waals surface area (Å²) in [7, 11) is 0. The molecule has 4 aromatic rings. The standard InChI is InChI=1S/C20H14Cl2N4O/c21-16-6-3-4-13(19(16)22)12-26-18(9-11-24-26)25-20(27)15-8-10-23-17-7-2-1-5-14(15)17/h1-11H,12H2,(H,25,27). The molecular weight excluding hydrogens is 383 g/mol. The lowest BCUT2D eigenvalue weighted by Crippen LogP contribution is -2.16. The Kier molecular flexibility index (Phi) is 4.79. The fourth-order valence-electron chi connectivity index (χ4n) is 2.87. The summed E-state index contributed by atoms with van der Waals surface area (Å²) in [6, 6.07) is 16.4. The molecule has 4 rings (SSSR count). The van der Waals surface area contributed by atoms with Gasteiger partial charge in [0.25, 0.3) is 5.91 Å². The number of benzene rings is 2. The highest BCUT2D eigenvalue weighted by atomic mass is 35.5. The van der Waals surface area contributed by atoms with Gasteiger partial charge in [-0.2, -0.15) is 5.10 Å². The number of pyridine rings is 1. The monoisotopic (exact) mass is 396 g/mol. The van der Waals surface area contributed by atoms with Gasteiger partial charge >= 0.3 is 0 Å². The molecule has 134 valence electrons. The average molecular weight is 397 g/mol. The van der Waals surface area contributed by atoms with Crippen molar-refractivity contribution in [3.63, 3.8) is 0 Å².